The molecule has 1 aliphatic carbocycles. The lowest BCUT2D eigenvalue weighted by molar-refractivity contribution is 0.317. The average Bonchev–Trinajstić information content (AvgIpc) is 2.82. The Hall–Kier alpha value is -0.0900. The molecule has 1 unspecified atom stereocenters. The molecule has 0 radical (unpaired) electrons. The Labute approximate surface area is 113 Å². The van der Waals surface area contributed by atoms with Crippen molar-refractivity contribution in [2.24, 2.45) is 11.8 Å². The predicted molar refractivity (Wildman–Crippen MR) is 77.5 cm³/mol. The highest BCUT2D eigenvalue weighted by Crippen LogP contribution is 2.33. The van der Waals surface area contributed by atoms with Gasteiger partial charge in [0, 0.05) is 0 Å². The Bertz CT molecular complexity index is 319. The first-order valence-electron chi connectivity index (χ1n) is 7.39. The third-order valence-electron chi connectivity index (χ3n) is 4.21. The SMILES string of the molecule is CCNCC(CCS(=O)(=O)C(C)C)C1CCCC1. The summed E-state index contributed by atoms with van der Waals surface area (Å²) in [5.41, 5.74) is 0. The molecule has 0 heterocycles. The fraction of sp³-hybridized carbons (Fsp3) is 1.00. The van der Waals surface area contributed by atoms with E-state index in [-0.39, 0.29) is 5.25 Å². The molecule has 0 aromatic heterocycles. The molecule has 4 heteroatoms. The Kier molecular flexibility index (Phi) is 6.64. The summed E-state index contributed by atoms with van der Waals surface area (Å²) in [7, 11) is -2.88. The number of rotatable bonds is 8. The van der Waals surface area contributed by atoms with Crippen molar-refractivity contribution in [3.8, 4) is 0 Å². The van der Waals surface area contributed by atoms with Gasteiger partial charge in [0.1, 0.15) is 0 Å². The minimum Gasteiger partial charge on any atom is -0.317 e. The fourth-order valence-electron chi connectivity index (χ4n) is 2.81. The lowest BCUT2D eigenvalue weighted by Gasteiger charge is -2.24. The van der Waals surface area contributed by atoms with E-state index in [0.29, 0.717) is 11.7 Å². The van der Waals surface area contributed by atoms with Gasteiger partial charge in [-0.2, -0.15) is 0 Å². The van der Waals surface area contributed by atoms with Crippen LogP contribution in [0.5, 0.6) is 0 Å². The second-order valence-electron chi connectivity index (χ2n) is 5.82. The lowest BCUT2D eigenvalue weighted by atomic mass is 9.88. The molecular weight excluding hydrogens is 246 g/mol. The third-order valence-corrected chi connectivity index (χ3v) is 6.46. The van der Waals surface area contributed by atoms with Crippen molar-refractivity contribution in [1.29, 1.82) is 0 Å². The van der Waals surface area contributed by atoms with Gasteiger partial charge in [0.15, 0.2) is 9.84 Å². The average molecular weight is 275 g/mol. The second kappa shape index (κ2) is 7.49. The normalized spacial score (nSPS) is 19.6. The van der Waals surface area contributed by atoms with Crippen LogP contribution < -0.4 is 5.32 Å². The van der Waals surface area contributed by atoms with Gasteiger partial charge in [-0.25, -0.2) is 8.42 Å². The van der Waals surface area contributed by atoms with Crippen LogP contribution in [0.15, 0.2) is 0 Å². The molecule has 1 fully saturated rings. The molecule has 1 aliphatic rings. The Morgan fingerprint density at radius 1 is 1.22 bits per heavy atom. The molecule has 0 aliphatic heterocycles. The summed E-state index contributed by atoms with van der Waals surface area (Å²) in [4.78, 5) is 0. The van der Waals surface area contributed by atoms with Gasteiger partial charge in [-0.05, 0) is 45.2 Å². The third kappa shape index (κ3) is 4.88. The summed E-state index contributed by atoms with van der Waals surface area (Å²) < 4.78 is 23.8. The Morgan fingerprint density at radius 3 is 2.33 bits per heavy atom. The summed E-state index contributed by atoms with van der Waals surface area (Å²) in [5.74, 6) is 1.64. The molecule has 108 valence electrons. The van der Waals surface area contributed by atoms with E-state index >= 15 is 0 Å². The number of nitrogens with one attached hydrogen (secondary N) is 1. The molecule has 1 rings (SSSR count). The van der Waals surface area contributed by atoms with Crippen LogP contribution in [0.4, 0.5) is 0 Å². The highest BCUT2D eigenvalue weighted by atomic mass is 32.2. The predicted octanol–water partition coefficient (Wildman–Crippen LogP) is 2.62. The van der Waals surface area contributed by atoms with Crippen LogP contribution in [-0.4, -0.2) is 32.5 Å². The van der Waals surface area contributed by atoms with Crippen LogP contribution >= 0.6 is 0 Å². The number of hydrogen-bond acceptors (Lipinski definition) is 3. The van der Waals surface area contributed by atoms with E-state index in [1.807, 2.05) is 0 Å². The van der Waals surface area contributed by atoms with E-state index in [0.717, 1.165) is 25.4 Å². The van der Waals surface area contributed by atoms with Crippen LogP contribution in [-0.2, 0) is 9.84 Å². The Balaban J connectivity index is 2.50. The van der Waals surface area contributed by atoms with Crippen molar-refractivity contribution in [1.82, 2.24) is 5.32 Å². The van der Waals surface area contributed by atoms with E-state index in [1.54, 1.807) is 13.8 Å². The highest BCUT2D eigenvalue weighted by molar-refractivity contribution is 7.91. The van der Waals surface area contributed by atoms with E-state index in [4.69, 9.17) is 0 Å². The molecule has 3 nitrogen and oxygen atoms in total. The minimum atomic E-state index is -2.88. The van der Waals surface area contributed by atoms with Gasteiger partial charge in [-0.15, -0.1) is 0 Å². The molecule has 1 N–H and O–H groups in total. The maximum absolute atomic E-state index is 11.9. The van der Waals surface area contributed by atoms with Crippen LogP contribution in [0.3, 0.4) is 0 Å². The molecule has 18 heavy (non-hydrogen) atoms. The van der Waals surface area contributed by atoms with Crippen LogP contribution in [0.25, 0.3) is 0 Å². The summed E-state index contributed by atoms with van der Waals surface area (Å²) in [6, 6.07) is 0. The van der Waals surface area contributed by atoms with Crippen LogP contribution in [0, 0.1) is 11.8 Å². The van der Waals surface area contributed by atoms with Crippen molar-refractivity contribution in [2.45, 2.75) is 58.1 Å². The first kappa shape index (κ1) is 16.0. The van der Waals surface area contributed by atoms with E-state index in [1.165, 1.54) is 25.7 Å². The summed E-state index contributed by atoms with van der Waals surface area (Å²) in [5, 5.41) is 3.16. The summed E-state index contributed by atoms with van der Waals surface area (Å²) in [6.07, 6.45) is 6.06. The van der Waals surface area contributed by atoms with Gasteiger partial charge < -0.3 is 5.32 Å². The van der Waals surface area contributed by atoms with Crippen LogP contribution in [0.1, 0.15) is 52.9 Å². The molecule has 0 saturated heterocycles. The van der Waals surface area contributed by atoms with E-state index in [9.17, 15) is 8.42 Å². The zero-order chi connectivity index (χ0) is 13.6. The van der Waals surface area contributed by atoms with Crippen molar-refractivity contribution >= 4 is 9.84 Å². The molecule has 0 amide bonds. The van der Waals surface area contributed by atoms with Gasteiger partial charge in [0.05, 0.1) is 11.0 Å². The standard InChI is InChI=1S/C14H29NO2S/c1-4-15-11-14(13-7-5-6-8-13)9-10-18(16,17)12(2)3/h12-15H,4-11H2,1-3H3. The molecule has 0 aromatic carbocycles. The Morgan fingerprint density at radius 2 is 1.83 bits per heavy atom. The molecule has 0 bridgehead atoms. The lowest BCUT2D eigenvalue weighted by Crippen LogP contribution is -2.30. The fourth-order valence-corrected chi connectivity index (χ4v) is 3.92. The second-order valence-corrected chi connectivity index (χ2v) is 8.49. The van der Waals surface area contributed by atoms with Crippen molar-refractivity contribution in [3.63, 3.8) is 0 Å². The quantitative estimate of drug-likeness (QED) is 0.740. The van der Waals surface area contributed by atoms with Gasteiger partial charge in [-0.1, -0.05) is 32.6 Å². The molecule has 1 saturated carbocycles. The maximum atomic E-state index is 11.9. The van der Waals surface area contributed by atoms with Gasteiger partial charge >= 0.3 is 0 Å². The summed E-state index contributed by atoms with van der Waals surface area (Å²) in [6.45, 7) is 7.62. The van der Waals surface area contributed by atoms with Crippen molar-refractivity contribution in [2.75, 3.05) is 18.8 Å². The maximum Gasteiger partial charge on any atom is 0.152 e. The van der Waals surface area contributed by atoms with Crippen LogP contribution in [0.2, 0.25) is 0 Å². The zero-order valence-corrected chi connectivity index (χ0v) is 12.9. The number of hydrogen-bond donors (Lipinski definition) is 1. The van der Waals surface area contributed by atoms with E-state index in [2.05, 4.69) is 12.2 Å². The monoisotopic (exact) mass is 275 g/mol. The topological polar surface area (TPSA) is 46.2 Å². The zero-order valence-electron chi connectivity index (χ0n) is 12.1. The van der Waals surface area contributed by atoms with Gasteiger partial charge in [-0.3, -0.25) is 0 Å². The first-order chi connectivity index (χ1) is 8.47. The molecule has 1 atom stereocenters. The smallest absolute Gasteiger partial charge is 0.152 e. The van der Waals surface area contributed by atoms with E-state index < -0.39 is 9.84 Å². The molecule has 0 aromatic rings. The highest BCUT2D eigenvalue weighted by Gasteiger charge is 2.26. The van der Waals surface area contributed by atoms with Gasteiger partial charge in [0.2, 0.25) is 0 Å². The first-order valence-corrected chi connectivity index (χ1v) is 9.11. The number of sulfone groups is 1. The molecular formula is C14H29NO2S. The van der Waals surface area contributed by atoms with Crippen molar-refractivity contribution in [3.05, 3.63) is 0 Å². The largest absolute Gasteiger partial charge is 0.317 e. The minimum absolute atomic E-state index is 0.235. The van der Waals surface area contributed by atoms with Crippen molar-refractivity contribution < 1.29 is 8.42 Å². The van der Waals surface area contributed by atoms with Gasteiger partial charge in [0.25, 0.3) is 0 Å². The summed E-state index contributed by atoms with van der Waals surface area (Å²) >= 11 is 0. The molecule has 0 spiro atoms.